The zero-order chi connectivity index (χ0) is 11.4. The third-order valence-corrected chi connectivity index (χ3v) is 3.05. The molecule has 0 spiro atoms. The van der Waals surface area contributed by atoms with Crippen molar-refractivity contribution in [3.05, 3.63) is 18.0 Å². The summed E-state index contributed by atoms with van der Waals surface area (Å²) in [6, 6.07) is 0.0215. The topological polar surface area (TPSA) is 69.8 Å². The summed E-state index contributed by atoms with van der Waals surface area (Å²) in [7, 11) is 0. The van der Waals surface area contributed by atoms with Gasteiger partial charge in [0, 0.05) is 18.3 Å². The van der Waals surface area contributed by atoms with Gasteiger partial charge in [0.15, 0.2) is 0 Å². The molecule has 0 aliphatic carbocycles. The second kappa shape index (κ2) is 6.61. The van der Waals surface area contributed by atoms with Gasteiger partial charge in [-0.2, -0.15) is 5.10 Å². The van der Waals surface area contributed by atoms with Crippen LogP contribution >= 0.6 is 12.4 Å². The van der Waals surface area contributed by atoms with E-state index in [1.807, 2.05) is 13.1 Å². The minimum Gasteiger partial charge on any atom is -0.349 e. The molecular formula is C11H19ClN4O. The van der Waals surface area contributed by atoms with Crippen molar-refractivity contribution in [1.82, 2.24) is 20.8 Å². The highest BCUT2D eigenvalue weighted by Gasteiger charge is 2.22. The van der Waals surface area contributed by atoms with Crippen LogP contribution in [0, 0.1) is 5.92 Å². The molecular weight excluding hydrogens is 240 g/mol. The Balaban J connectivity index is 0.00000144. The van der Waals surface area contributed by atoms with Gasteiger partial charge in [-0.1, -0.05) is 0 Å². The Bertz CT molecular complexity index is 335. The smallest absolute Gasteiger partial charge is 0.224 e. The van der Waals surface area contributed by atoms with Crippen LogP contribution in [-0.4, -0.2) is 29.2 Å². The van der Waals surface area contributed by atoms with Crippen LogP contribution in [0.2, 0.25) is 0 Å². The van der Waals surface area contributed by atoms with Crippen molar-refractivity contribution >= 4 is 18.3 Å². The van der Waals surface area contributed by atoms with Crippen molar-refractivity contribution < 1.29 is 4.79 Å². The van der Waals surface area contributed by atoms with Gasteiger partial charge >= 0.3 is 0 Å². The van der Waals surface area contributed by atoms with Gasteiger partial charge in [0.05, 0.1) is 18.2 Å². The molecule has 2 heterocycles. The summed E-state index contributed by atoms with van der Waals surface area (Å²) in [5.41, 5.74) is 1.01. The molecule has 1 aliphatic rings. The summed E-state index contributed by atoms with van der Waals surface area (Å²) in [5.74, 6) is 0.254. The van der Waals surface area contributed by atoms with Crippen LogP contribution in [0.1, 0.15) is 31.4 Å². The molecule has 3 N–H and O–H groups in total. The van der Waals surface area contributed by atoms with Crippen LogP contribution in [0.4, 0.5) is 0 Å². The van der Waals surface area contributed by atoms with E-state index < -0.39 is 0 Å². The van der Waals surface area contributed by atoms with E-state index in [2.05, 4.69) is 20.8 Å². The van der Waals surface area contributed by atoms with Gasteiger partial charge in [0.1, 0.15) is 0 Å². The van der Waals surface area contributed by atoms with E-state index in [0.717, 1.165) is 31.5 Å². The molecule has 0 saturated carbocycles. The molecule has 1 saturated heterocycles. The monoisotopic (exact) mass is 258 g/mol. The van der Waals surface area contributed by atoms with Crippen molar-refractivity contribution in [3.63, 3.8) is 0 Å². The Hall–Kier alpha value is -1.07. The molecule has 2 rings (SSSR count). The molecule has 1 aromatic rings. The fourth-order valence-corrected chi connectivity index (χ4v) is 1.99. The Kier molecular flexibility index (Phi) is 5.44. The number of aromatic amines is 1. The molecule has 1 unspecified atom stereocenters. The highest BCUT2D eigenvalue weighted by atomic mass is 35.5. The lowest BCUT2D eigenvalue weighted by Crippen LogP contribution is -2.41. The number of halogens is 1. The number of hydrogen-bond acceptors (Lipinski definition) is 3. The molecule has 0 bridgehead atoms. The van der Waals surface area contributed by atoms with Crippen molar-refractivity contribution in [1.29, 1.82) is 0 Å². The number of nitrogens with zero attached hydrogens (tertiary/aromatic N) is 1. The lowest BCUT2D eigenvalue weighted by molar-refractivity contribution is -0.126. The fourth-order valence-electron chi connectivity index (χ4n) is 1.99. The predicted octanol–water partition coefficient (Wildman–Crippen LogP) is 1.01. The van der Waals surface area contributed by atoms with Gasteiger partial charge < -0.3 is 10.6 Å². The Labute approximate surface area is 107 Å². The van der Waals surface area contributed by atoms with Gasteiger partial charge in [-0.3, -0.25) is 9.89 Å². The molecule has 1 aromatic heterocycles. The maximum Gasteiger partial charge on any atom is 0.224 e. The van der Waals surface area contributed by atoms with Crippen LogP contribution in [0.3, 0.4) is 0 Å². The third-order valence-electron chi connectivity index (χ3n) is 3.05. The van der Waals surface area contributed by atoms with E-state index >= 15 is 0 Å². The summed E-state index contributed by atoms with van der Waals surface area (Å²) in [6.07, 6.45) is 5.61. The van der Waals surface area contributed by atoms with Crippen molar-refractivity contribution in [2.75, 3.05) is 13.1 Å². The predicted molar refractivity (Wildman–Crippen MR) is 68.0 cm³/mol. The lowest BCUT2D eigenvalue weighted by Gasteiger charge is -2.23. The molecule has 0 aromatic carbocycles. The Morgan fingerprint density at radius 2 is 2.47 bits per heavy atom. The van der Waals surface area contributed by atoms with Gasteiger partial charge in [-0.05, 0) is 26.3 Å². The molecule has 0 radical (unpaired) electrons. The minimum absolute atomic E-state index is 0. The zero-order valence-corrected chi connectivity index (χ0v) is 10.7. The Morgan fingerprint density at radius 3 is 3.06 bits per heavy atom. The van der Waals surface area contributed by atoms with E-state index in [4.69, 9.17) is 0 Å². The summed E-state index contributed by atoms with van der Waals surface area (Å²) in [4.78, 5) is 11.9. The zero-order valence-electron chi connectivity index (χ0n) is 9.90. The van der Waals surface area contributed by atoms with E-state index in [1.54, 1.807) is 6.20 Å². The number of aromatic nitrogens is 2. The SMILES string of the molecule is CC(NC(=O)[C@@H]1CCCNC1)c1cn[nH]c1.Cl. The largest absolute Gasteiger partial charge is 0.349 e. The van der Waals surface area contributed by atoms with Crippen LogP contribution in [0.5, 0.6) is 0 Å². The maximum atomic E-state index is 11.9. The molecule has 5 nitrogen and oxygen atoms in total. The number of piperidine rings is 1. The van der Waals surface area contributed by atoms with E-state index in [9.17, 15) is 4.79 Å². The van der Waals surface area contributed by atoms with Crippen LogP contribution < -0.4 is 10.6 Å². The highest BCUT2D eigenvalue weighted by molar-refractivity contribution is 5.85. The number of H-pyrrole nitrogens is 1. The average Bonchev–Trinajstić information content (AvgIpc) is 2.83. The summed E-state index contributed by atoms with van der Waals surface area (Å²) >= 11 is 0. The standard InChI is InChI=1S/C11H18N4O.ClH/c1-8(10-6-13-14-7-10)15-11(16)9-3-2-4-12-5-9;/h6-9,12H,2-5H2,1H3,(H,13,14)(H,15,16);1H/t8?,9-;/m1./s1. The first kappa shape index (κ1) is 14.0. The summed E-state index contributed by atoms with van der Waals surface area (Å²) in [6.45, 7) is 3.80. The molecule has 96 valence electrons. The number of rotatable bonds is 3. The first-order valence-electron chi connectivity index (χ1n) is 5.77. The Morgan fingerprint density at radius 1 is 1.65 bits per heavy atom. The number of hydrogen-bond donors (Lipinski definition) is 3. The van der Waals surface area contributed by atoms with Crippen LogP contribution in [0.25, 0.3) is 0 Å². The molecule has 1 aliphatic heterocycles. The van der Waals surface area contributed by atoms with Crippen molar-refractivity contribution in [2.45, 2.75) is 25.8 Å². The van der Waals surface area contributed by atoms with E-state index in [0.29, 0.717) is 0 Å². The van der Waals surface area contributed by atoms with E-state index in [-0.39, 0.29) is 30.3 Å². The quantitative estimate of drug-likeness (QED) is 0.758. The van der Waals surface area contributed by atoms with Crippen LogP contribution in [0.15, 0.2) is 12.4 Å². The molecule has 2 atom stereocenters. The molecule has 17 heavy (non-hydrogen) atoms. The van der Waals surface area contributed by atoms with Crippen LogP contribution in [-0.2, 0) is 4.79 Å². The second-order valence-corrected chi connectivity index (χ2v) is 4.31. The number of nitrogens with one attached hydrogen (secondary N) is 3. The second-order valence-electron chi connectivity index (χ2n) is 4.31. The number of carbonyl (C=O) groups excluding carboxylic acids is 1. The number of amides is 1. The summed E-state index contributed by atoms with van der Waals surface area (Å²) < 4.78 is 0. The minimum atomic E-state index is 0. The highest BCUT2D eigenvalue weighted by Crippen LogP contribution is 2.14. The first-order valence-corrected chi connectivity index (χ1v) is 5.77. The summed E-state index contributed by atoms with van der Waals surface area (Å²) in [5, 5.41) is 12.9. The average molecular weight is 259 g/mol. The van der Waals surface area contributed by atoms with Gasteiger partial charge in [0.25, 0.3) is 0 Å². The molecule has 1 fully saturated rings. The van der Waals surface area contributed by atoms with E-state index in [1.165, 1.54) is 0 Å². The third kappa shape index (κ3) is 3.71. The van der Waals surface area contributed by atoms with Gasteiger partial charge in [-0.15, -0.1) is 12.4 Å². The van der Waals surface area contributed by atoms with Gasteiger partial charge in [-0.25, -0.2) is 0 Å². The van der Waals surface area contributed by atoms with Crippen molar-refractivity contribution in [2.24, 2.45) is 5.92 Å². The number of carbonyl (C=O) groups is 1. The van der Waals surface area contributed by atoms with Crippen molar-refractivity contribution in [3.8, 4) is 0 Å². The first-order chi connectivity index (χ1) is 7.77. The lowest BCUT2D eigenvalue weighted by atomic mass is 9.98. The normalized spacial score (nSPS) is 21.4. The molecule has 6 heteroatoms. The molecule has 1 amide bonds. The van der Waals surface area contributed by atoms with Gasteiger partial charge in [0.2, 0.25) is 5.91 Å². The maximum absolute atomic E-state index is 11.9. The fraction of sp³-hybridized carbons (Fsp3) is 0.636.